The maximum atomic E-state index is 13.4. The minimum Gasteiger partial charge on any atom is -0.357 e. The molecule has 3 aromatic rings. The molecule has 0 aliphatic carbocycles. The van der Waals surface area contributed by atoms with E-state index in [9.17, 15) is 14.0 Å². The lowest BCUT2D eigenvalue weighted by Crippen LogP contribution is -2.49. The lowest BCUT2D eigenvalue weighted by Gasteiger charge is -2.31. The number of carbonyl (C=O) groups is 2. The Kier molecular flexibility index (Phi) is 8.40. The summed E-state index contributed by atoms with van der Waals surface area (Å²) in [7, 11) is 1.56. The molecule has 1 N–H and O–H groups in total. The number of carbonyl (C=O) groups excluding carboxylic acids is 2. The summed E-state index contributed by atoms with van der Waals surface area (Å²) in [6, 6.07) is 22.2. The average molecular weight is 453 g/mol. The molecular weight excluding hydrogens is 427 g/mol. The largest absolute Gasteiger partial charge is 0.357 e. The van der Waals surface area contributed by atoms with Crippen LogP contribution in [0.15, 0.2) is 78.9 Å². The lowest BCUT2D eigenvalue weighted by atomic mass is 10.0. The molecule has 0 heterocycles. The van der Waals surface area contributed by atoms with E-state index in [0.29, 0.717) is 17.9 Å². The van der Waals surface area contributed by atoms with Gasteiger partial charge in [0.1, 0.15) is 11.9 Å². The van der Waals surface area contributed by atoms with E-state index in [1.54, 1.807) is 30.1 Å². The normalized spacial score (nSPS) is 11.6. The molecule has 0 radical (unpaired) electrons. The van der Waals surface area contributed by atoms with Crippen LogP contribution in [0.4, 0.5) is 4.39 Å². The van der Waals surface area contributed by atoms with E-state index in [-0.39, 0.29) is 30.6 Å². The van der Waals surface area contributed by atoms with Gasteiger partial charge in [-0.2, -0.15) is 0 Å². The van der Waals surface area contributed by atoms with Crippen molar-refractivity contribution in [3.8, 4) is 0 Å². The van der Waals surface area contributed by atoms with Gasteiger partial charge < -0.3 is 10.2 Å². The van der Waals surface area contributed by atoms with Gasteiger partial charge in [-0.25, -0.2) is 4.39 Å². The average Bonchev–Trinajstić information content (AvgIpc) is 2.82. The molecule has 0 fully saturated rings. The SMILES string of the molecule is CNC(=O)[C@@H](Cc1ccccc1)N(Cc1ccc(F)cc1)C(=O)CCc1ccccc1Cl. The Labute approximate surface area is 193 Å². The zero-order chi connectivity index (χ0) is 22.9. The van der Waals surface area contributed by atoms with Crippen molar-refractivity contribution in [3.63, 3.8) is 0 Å². The standard InChI is InChI=1S/C26H26ClFN2O2/c1-29-26(32)24(17-19-7-3-2-4-8-19)30(18-20-11-14-22(28)15-12-20)25(31)16-13-21-9-5-6-10-23(21)27/h2-12,14-15,24H,13,16-18H2,1H3,(H,29,32)/t24-/m1/s1. The van der Waals surface area contributed by atoms with Gasteiger partial charge in [0.2, 0.25) is 11.8 Å². The van der Waals surface area contributed by atoms with Crippen LogP contribution in [0.5, 0.6) is 0 Å². The molecule has 166 valence electrons. The van der Waals surface area contributed by atoms with Crippen molar-refractivity contribution >= 4 is 23.4 Å². The van der Waals surface area contributed by atoms with Gasteiger partial charge in [0, 0.05) is 31.5 Å². The van der Waals surface area contributed by atoms with Crippen LogP contribution in [0, 0.1) is 5.82 Å². The summed E-state index contributed by atoms with van der Waals surface area (Å²) in [5.74, 6) is -0.765. The highest BCUT2D eigenvalue weighted by atomic mass is 35.5. The Hall–Kier alpha value is -3.18. The molecular formula is C26H26ClFN2O2. The van der Waals surface area contributed by atoms with Gasteiger partial charge in [-0.1, -0.05) is 72.3 Å². The predicted molar refractivity (Wildman–Crippen MR) is 125 cm³/mol. The molecule has 0 aromatic heterocycles. The zero-order valence-corrected chi connectivity index (χ0v) is 18.7. The molecule has 0 bridgehead atoms. The third-order valence-corrected chi connectivity index (χ3v) is 5.72. The summed E-state index contributed by atoms with van der Waals surface area (Å²) in [5, 5.41) is 3.29. The van der Waals surface area contributed by atoms with Crippen molar-refractivity contribution in [3.05, 3.63) is 106 Å². The summed E-state index contributed by atoms with van der Waals surface area (Å²) in [5.41, 5.74) is 2.58. The number of halogens is 2. The van der Waals surface area contributed by atoms with Crippen LogP contribution in [-0.4, -0.2) is 29.8 Å². The van der Waals surface area contributed by atoms with Gasteiger partial charge in [-0.05, 0) is 41.3 Å². The molecule has 6 heteroatoms. The fourth-order valence-electron chi connectivity index (χ4n) is 3.59. The van der Waals surface area contributed by atoms with Gasteiger partial charge in [-0.15, -0.1) is 0 Å². The molecule has 3 aromatic carbocycles. The van der Waals surface area contributed by atoms with Crippen LogP contribution in [0.1, 0.15) is 23.1 Å². The van der Waals surface area contributed by atoms with Crippen LogP contribution >= 0.6 is 11.6 Å². The van der Waals surface area contributed by atoms with Crippen molar-refractivity contribution < 1.29 is 14.0 Å². The second-order valence-electron chi connectivity index (χ2n) is 7.56. The maximum Gasteiger partial charge on any atom is 0.242 e. The van der Waals surface area contributed by atoms with E-state index < -0.39 is 6.04 Å². The number of benzene rings is 3. The Balaban J connectivity index is 1.87. The number of hydrogen-bond donors (Lipinski definition) is 1. The number of nitrogens with zero attached hydrogens (tertiary/aromatic N) is 1. The van der Waals surface area contributed by atoms with E-state index in [4.69, 9.17) is 11.6 Å². The first kappa shape index (κ1) is 23.5. The third-order valence-electron chi connectivity index (χ3n) is 5.35. The Bertz CT molecular complexity index is 1040. The van der Waals surface area contributed by atoms with Crippen molar-refractivity contribution in [2.24, 2.45) is 0 Å². The van der Waals surface area contributed by atoms with Gasteiger partial charge in [0.25, 0.3) is 0 Å². The summed E-state index contributed by atoms with van der Waals surface area (Å²) >= 11 is 6.25. The second-order valence-corrected chi connectivity index (χ2v) is 7.97. The molecule has 3 rings (SSSR count). The molecule has 2 amide bonds. The predicted octanol–water partition coefficient (Wildman–Crippen LogP) is 4.80. The van der Waals surface area contributed by atoms with Crippen molar-refractivity contribution in [2.45, 2.75) is 31.8 Å². The topological polar surface area (TPSA) is 49.4 Å². The first-order valence-electron chi connectivity index (χ1n) is 10.5. The molecule has 1 atom stereocenters. The van der Waals surface area contributed by atoms with Crippen LogP contribution in [0.25, 0.3) is 0 Å². The number of likely N-dealkylation sites (N-methyl/N-ethyl adjacent to an activating group) is 1. The van der Waals surface area contributed by atoms with Crippen molar-refractivity contribution in [2.75, 3.05) is 7.05 Å². The molecule has 32 heavy (non-hydrogen) atoms. The smallest absolute Gasteiger partial charge is 0.242 e. The van der Waals surface area contributed by atoms with Gasteiger partial charge >= 0.3 is 0 Å². The Morgan fingerprint density at radius 2 is 1.59 bits per heavy atom. The van der Waals surface area contributed by atoms with E-state index in [1.807, 2.05) is 48.5 Å². The lowest BCUT2D eigenvalue weighted by molar-refractivity contribution is -0.141. The monoisotopic (exact) mass is 452 g/mol. The molecule has 0 saturated heterocycles. The minimum absolute atomic E-state index is 0.168. The highest BCUT2D eigenvalue weighted by Crippen LogP contribution is 2.20. The summed E-state index contributed by atoms with van der Waals surface area (Å²) in [4.78, 5) is 27.8. The second kappa shape index (κ2) is 11.4. The zero-order valence-electron chi connectivity index (χ0n) is 17.9. The van der Waals surface area contributed by atoms with Crippen molar-refractivity contribution in [1.82, 2.24) is 10.2 Å². The van der Waals surface area contributed by atoms with E-state index in [0.717, 1.165) is 16.7 Å². The van der Waals surface area contributed by atoms with Crippen LogP contribution in [0.3, 0.4) is 0 Å². The first-order chi connectivity index (χ1) is 15.5. The highest BCUT2D eigenvalue weighted by Gasteiger charge is 2.29. The third kappa shape index (κ3) is 6.41. The van der Waals surface area contributed by atoms with E-state index >= 15 is 0 Å². The molecule has 0 aliphatic heterocycles. The van der Waals surface area contributed by atoms with E-state index in [2.05, 4.69) is 5.32 Å². The van der Waals surface area contributed by atoms with Gasteiger partial charge in [0.15, 0.2) is 0 Å². The van der Waals surface area contributed by atoms with Gasteiger partial charge in [0.05, 0.1) is 0 Å². The molecule has 0 unspecified atom stereocenters. The van der Waals surface area contributed by atoms with Crippen LogP contribution in [0.2, 0.25) is 5.02 Å². The molecule has 0 spiro atoms. The number of hydrogen-bond acceptors (Lipinski definition) is 2. The number of aryl methyl sites for hydroxylation is 1. The molecule has 4 nitrogen and oxygen atoms in total. The highest BCUT2D eigenvalue weighted by molar-refractivity contribution is 6.31. The first-order valence-corrected chi connectivity index (χ1v) is 10.9. The van der Waals surface area contributed by atoms with Gasteiger partial charge in [-0.3, -0.25) is 9.59 Å². The molecule has 0 saturated carbocycles. The number of rotatable bonds is 9. The molecule has 0 aliphatic rings. The Morgan fingerprint density at radius 3 is 2.25 bits per heavy atom. The van der Waals surface area contributed by atoms with Crippen LogP contribution < -0.4 is 5.32 Å². The summed E-state index contributed by atoms with van der Waals surface area (Å²) in [6.07, 6.45) is 1.04. The Morgan fingerprint density at radius 1 is 0.938 bits per heavy atom. The van der Waals surface area contributed by atoms with Crippen LogP contribution in [-0.2, 0) is 29.0 Å². The number of amides is 2. The van der Waals surface area contributed by atoms with E-state index in [1.165, 1.54) is 12.1 Å². The maximum absolute atomic E-state index is 13.4. The number of nitrogens with one attached hydrogen (secondary N) is 1. The quantitative estimate of drug-likeness (QED) is 0.507. The minimum atomic E-state index is -0.703. The summed E-state index contributed by atoms with van der Waals surface area (Å²) in [6.45, 7) is 0.201. The fraction of sp³-hybridized carbons (Fsp3) is 0.231. The van der Waals surface area contributed by atoms with Crippen molar-refractivity contribution in [1.29, 1.82) is 0 Å². The summed E-state index contributed by atoms with van der Waals surface area (Å²) < 4.78 is 13.4. The fourth-order valence-corrected chi connectivity index (χ4v) is 3.82.